The van der Waals surface area contributed by atoms with Gasteiger partial charge in [-0.2, -0.15) is 0 Å². The van der Waals surface area contributed by atoms with Crippen molar-refractivity contribution >= 4 is 23.4 Å². The predicted octanol–water partition coefficient (Wildman–Crippen LogP) is 4.52. The topological polar surface area (TPSA) is 81.9 Å². The maximum Gasteiger partial charge on any atom is 0.234 e. The lowest BCUT2D eigenvalue weighted by Crippen LogP contribution is -2.14. The van der Waals surface area contributed by atoms with Crippen molar-refractivity contribution in [3.8, 4) is 17.1 Å². The van der Waals surface area contributed by atoms with Gasteiger partial charge in [0.1, 0.15) is 5.75 Å². The van der Waals surface area contributed by atoms with Crippen LogP contribution in [0.25, 0.3) is 11.4 Å². The number of amides is 1. The summed E-state index contributed by atoms with van der Waals surface area (Å²) in [5.74, 6) is 1.59. The number of aromatic nitrogens is 4. The fraction of sp³-hybridized carbons (Fsp3) is 0.167. The van der Waals surface area contributed by atoms with Crippen molar-refractivity contribution in [2.75, 3.05) is 17.7 Å². The van der Waals surface area contributed by atoms with Crippen molar-refractivity contribution in [1.82, 2.24) is 19.7 Å². The molecule has 0 atom stereocenters. The van der Waals surface area contributed by atoms with Gasteiger partial charge >= 0.3 is 0 Å². The first-order chi connectivity index (χ1) is 15.7. The van der Waals surface area contributed by atoms with E-state index in [2.05, 4.69) is 32.6 Å². The van der Waals surface area contributed by atoms with Gasteiger partial charge in [-0.25, -0.2) is 0 Å². The number of carbonyl (C=O) groups excluding carboxylic acids is 1. The molecule has 0 saturated heterocycles. The fourth-order valence-electron chi connectivity index (χ4n) is 3.14. The molecule has 2 heterocycles. The van der Waals surface area contributed by atoms with E-state index in [1.807, 2.05) is 66.1 Å². The highest BCUT2D eigenvalue weighted by atomic mass is 32.2. The molecule has 0 bridgehead atoms. The van der Waals surface area contributed by atoms with Gasteiger partial charge in [0, 0.05) is 23.6 Å². The molecule has 1 amide bonds. The van der Waals surface area contributed by atoms with Gasteiger partial charge in [0.05, 0.1) is 18.9 Å². The summed E-state index contributed by atoms with van der Waals surface area (Å²) in [5, 5.41) is 12.3. The highest BCUT2D eigenvalue weighted by Crippen LogP contribution is 2.25. The first-order valence-corrected chi connectivity index (χ1v) is 11.2. The standard InChI is InChI=1S/C24H23N5O2S/c1-2-31-21-12-10-20(11-13-21)26-22(30)17-32-24-28-27-23(19-9-6-14-25-15-19)29(24)16-18-7-4-3-5-8-18/h3-15H,2,16-17H2,1H3,(H,26,30). The van der Waals surface area contributed by atoms with Crippen LogP contribution in [0, 0.1) is 0 Å². The molecule has 7 nitrogen and oxygen atoms in total. The summed E-state index contributed by atoms with van der Waals surface area (Å²) in [6, 6.07) is 21.2. The van der Waals surface area contributed by atoms with Crippen molar-refractivity contribution in [3.63, 3.8) is 0 Å². The fourth-order valence-corrected chi connectivity index (χ4v) is 3.88. The van der Waals surface area contributed by atoms with E-state index in [1.165, 1.54) is 11.8 Å². The minimum atomic E-state index is -0.114. The average Bonchev–Trinajstić information content (AvgIpc) is 3.23. The average molecular weight is 446 g/mol. The van der Waals surface area contributed by atoms with Gasteiger partial charge in [-0.1, -0.05) is 42.1 Å². The molecule has 0 unspecified atom stereocenters. The third kappa shape index (κ3) is 5.53. The number of rotatable bonds is 9. The molecule has 2 aromatic carbocycles. The number of carbonyl (C=O) groups is 1. The van der Waals surface area contributed by atoms with Crippen LogP contribution in [0.2, 0.25) is 0 Å². The molecule has 2 aromatic heterocycles. The summed E-state index contributed by atoms with van der Waals surface area (Å²) in [6.45, 7) is 3.14. The van der Waals surface area contributed by atoms with Gasteiger partial charge in [0.25, 0.3) is 0 Å². The zero-order valence-corrected chi connectivity index (χ0v) is 18.5. The van der Waals surface area contributed by atoms with Crippen molar-refractivity contribution in [3.05, 3.63) is 84.7 Å². The van der Waals surface area contributed by atoms with E-state index in [0.717, 1.165) is 28.4 Å². The maximum absolute atomic E-state index is 12.5. The molecule has 162 valence electrons. The van der Waals surface area contributed by atoms with Crippen LogP contribution in [0.5, 0.6) is 5.75 Å². The van der Waals surface area contributed by atoms with Crippen molar-refractivity contribution in [1.29, 1.82) is 0 Å². The monoisotopic (exact) mass is 445 g/mol. The molecule has 1 N–H and O–H groups in total. The number of nitrogens with zero attached hydrogens (tertiary/aromatic N) is 4. The molecule has 8 heteroatoms. The Balaban J connectivity index is 1.47. The van der Waals surface area contributed by atoms with E-state index in [1.54, 1.807) is 12.4 Å². The Morgan fingerprint density at radius 1 is 1.03 bits per heavy atom. The molecule has 0 aliphatic heterocycles. The summed E-state index contributed by atoms with van der Waals surface area (Å²) in [7, 11) is 0. The Morgan fingerprint density at radius 2 is 1.84 bits per heavy atom. The molecule has 0 fully saturated rings. The van der Waals surface area contributed by atoms with Gasteiger partial charge in [0.2, 0.25) is 5.91 Å². The number of anilines is 1. The molecule has 0 radical (unpaired) electrons. The number of thioether (sulfide) groups is 1. The molecular weight excluding hydrogens is 422 g/mol. The van der Waals surface area contributed by atoms with Crippen LogP contribution < -0.4 is 10.1 Å². The number of ether oxygens (including phenoxy) is 1. The van der Waals surface area contributed by atoms with Gasteiger partial charge in [0.15, 0.2) is 11.0 Å². The molecule has 4 aromatic rings. The Labute approximate surface area is 190 Å². The number of nitrogens with one attached hydrogen (secondary N) is 1. The molecule has 0 aliphatic rings. The zero-order chi connectivity index (χ0) is 22.2. The smallest absolute Gasteiger partial charge is 0.234 e. The van der Waals surface area contributed by atoms with Crippen molar-refractivity contribution < 1.29 is 9.53 Å². The van der Waals surface area contributed by atoms with E-state index in [9.17, 15) is 4.79 Å². The van der Waals surface area contributed by atoms with Crippen LogP contribution in [0.1, 0.15) is 12.5 Å². The van der Waals surface area contributed by atoms with Crippen LogP contribution in [0.4, 0.5) is 5.69 Å². The van der Waals surface area contributed by atoms with Gasteiger partial charge < -0.3 is 10.1 Å². The van der Waals surface area contributed by atoms with Crippen LogP contribution in [0.3, 0.4) is 0 Å². The lowest BCUT2D eigenvalue weighted by Gasteiger charge is -2.11. The molecular formula is C24H23N5O2S. The zero-order valence-electron chi connectivity index (χ0n) is 17.6. The quantitative estimate of drug-likeness (QED) is 0.382. The van der Waals surface area contributed by atoms with Crippen LogP contribution in [0.15, 0.2) is 84.3 Å². The SMILES string of the molecule is CCOc1ccc(NC(=O)CSc2nnc(-c3cccnc3)n2Cc2ccccc2)cc1. The second-order valence-corrected chi connectivity index (χ2v) is 7.86. The summed E-state index contributed by atoms with van der Waals surface area (Å²) in [5.41, 5.74) is 2.72. The van der Waals surface area contributed by atoms with Gasteiger partial charge in [-0.05, 0) is 48.9 Å². The molecule has 0 aliphatic carbocycles. The van der Waals surface area contributed by atoms with Crippen molar-refractivity contribution in [2.24, 2.45) is 0 Å². The summed E-state index contributed by atoms with van der Waals surface area (Å²) < 4.78 is 7.45. The normalized spacial score (nSPS) is 10.7. The first-order valence-electron chi connectivity index (χ1n) is 10.3. The number of benzene rings is 2. The Morgan fingerprint density at radius 3 is 2.56 bits per heavy atom. The van der Waals surface area contributed by atoms with Crippen LogP contribution in [-0.2, 0) is 11.3 Å². The third-order valence-corrected chi connectivity index (χ3v) is 5.57. The molecule has 4 rings (SSSR count). The van der Waals surface area contributed by atoms with Gasteiger partial charge in [-0.3, -0.25) is 14.3 Å². The second kappa shape index (κ2) is 10.6. The maximum atomic E-state index is 12.5. The number of hydrogen-bond acceptors (Lipinski definition) is 6. The highest BCUT2D eigenvalue weighted by Gasteiger charge is 2.16. The van der Waals surface area contributed by atoms with Gasteiger partial charge in [-0.15, -0.1) is 10.2 Å². The second-order valence-electron chi connectivity index (χ2n) is 6.91. The lowest BCUT2D eigenvalue weighted by atomic mass is 10.2. The molecule has 0 spiro atoms. The van der Waals surface area contributed by atoms with Crippen LogP contribution >= 0.6 is 11.8 Å². The van der Waals surface area contributed by atoms with E-state index >= 15 is 0 Å². The summed E-state index contributed by atoms with van der Waals surface area (Å²) >= 11 is 1.35. The minimum absolute atomic E-state index is 0.114. The van der Waals surface area contributed by atoms with E-state index in [0.29, 0.717) is 18.3 Å². The molecule has 0 saturated carbocycles. The third-order valence-electron chi connectivity index (χ3n) is 4.60. The highest BCUT2D eigenvalue weighted by molar-refractivity contribution is 7.99. The summed E-state index contributed by atoms with van der Waals surface area (Å²) in [6.07, 6.45) is 3.49. The Kier molecular flexibility index (Phi) is 7.14. The van der Waals surface area contributed by atoms with E-state index in [4.69, 9.17) is 4.74 Å². The number of pyridine rings is 1. The van der Waals surface area contributed by atoms with Crippen molar-refractivity contribution in [2.45, 2.75) is 18.6 Å². The Hall–Kier alpha value is -3.65. The van der Waals surface area contributed by atoms with E-state index < -0.39 is 0 Å². The predicted molar refractivity (Wildman–Crippen MR) is 126 cm³/mol. The lowest BCUT2D eigenvalue weighted by molar-refractivity contribution is -0.113. The van der Waals surface area contributed by atoms with Crippen LogP contribution in [-0.4, -0.2) is 38.0 Å². The Bertz CT molecular complexity index is 1150. The van der Waals surface area contributed by atoms with E-state index in [-0.39, 0.29) is 11.7 Å². The molecule has 32 heavy (non-hydrogen) atoms. The first kappa shape index (κ1) is 21.6. The largest absolute Gasteiger partial charge is 0.494 e. The number of hydrogen-bond donors (Lipinski definition) is 1. The summed E-state index contributed by atoms with van der Waals surface area (Å²) in [4.78, 5) is 16.7. The minimum Gasteiger partial charge on any atom is -0.494 e.